The Kier molecular flexibility index (Phi) is 4.28. The number of hydrogen-bond acceptors (Lipinski definition) is 4. The molecule has 0 aromatic carbocycles. The number of halogens is 1. The highest BCUT2D eigenvalue weighted by molar-refractivity contribution is 9.11. The van der Waals surface area contributed by atoms with Gasteiger partial charge in [-0.15, -0.1) is 11.3 Å². The van der Waals surface area contributed by atoms with Crippen LogP contribution in [-0.2, 0) is 0 Å². The first kappa shape index (κ1) is 13.2. The van der Waals surface area contributed by atoms with E-state index < -0.39 is 0 Å². The van der Waals surface area contributed by atoms with Crippen molar-refractivity contribution >= 4 is 27.3 Å². The Bertz CT molecular complexity index is 522. The fourth-order valence-corrected chi connectivity index (χ4v) is 4.04. The molecular formula is C14H16BrN3S. The van der Waals surface area contributed by atoms with E-state index in [0.717, 1.165) is 31.9 Å². The molecule has 1 aliphatic rings. The van der Waals surface area contributed by atoms with Crippen LogP contribution in [0.15, 0.2) is 40.3 Å². The van der Waals surface area contributed by atoms with Gasteiger partial charge in [0.05, 0.1) is 15.5 Å². The van der Waals surface area contributed by atoms with Crippen LogP contribution in [0.2, 0.25) is 0 Å². The summed E-state index contributed by atoms with van der Waals surface area (Å²) in [5.74, 6) is 0. The summed E-state index contributed by atoms with van der Waals surface area (Å²) < 4.78 is 1.18. The molecule has 0 amide bonds. The minimum absolute atomic E-state index is 0.277. The van der Waals surface area contributed by atoms with E-state index in [4.69, 9.17) is 0 Å². The molecule has 3 nitrogen and oxygen atoms in total. The SMILES string of the molecule is Brc1ccc(C(c2ccccn2)N2CCNCC2)s1. The van der Waals surface area contributed by atoms with Crippen LogP contribution in [-0.4, -0.2) is 36.1 Å². The van der Waals surface area contributed by atoms with E-state index in [0.29, 0.717) is 0 Å². The quantitative estimate of drug-likeness (QED) is 0.933. The number of rotatable bonds is 3. The van der Waals surface area contributed by atoms with Crippen molar-refractivity contribution in [1.29, 1.82) is 0 Å². The lowest BCUT2D eigenvalue weighted by molar-refractivity contribution is 0.198. The molecule has 2 aromatic rings. The van der Waals surface area contributed by atoms with Crippen LogP contribution >= 0.6 is 27.3 Å². The lowest BCUT2D eigenvalue weighted by Crippen LogP contribution is -2.45. The molecular weight excluding hydrogens is 322 g/mol. The highest BCUT2D eigenvalue weighted by atomic mass is 79.9. The van der Waals surface area contributed by atoms with Crippen molar-refractivity contribution in [2.75, 3.05) is 26.2 Å². The summed E-state index contributed by atoms with van der Waals surface area (Å²) in [5.41, 5.74) is 1.14. The molecule has 0 spiro atoms. The highest BCUT2D eigenvalue weighted by Crippen LogP contribution is 2.34. The maximum absolute atomic E-state index is 4.57. The monoisotopic (exact) mass is 337 g/mol. The molecule has 100 valence electrons. The smallest absolute Gasteiger partial charge is 0.0871 e. The van der Waals surface area contributed by atoms with Crippen molar-refractivity contribution in [2.45, 2.75) is 6.04 Å². The van der Waals surface area contributed by atoms with Gasteiger partial charge in [0.1, 0.15) is 0 Å². The van der Waals surface area contributed by atoms with Gasteiger partial charge in [-0.25, -0.2) is 0 Å². The van der Waals surface area contributed by atoms with Crippen molar-refractivity contribution in [2.24, 2.45) is 0 Å². The number of pyridine rings is 1. The third kappa shape index (κ3) is 3.05. The van der Waals surface area contributed by atoms with E-state index >= 15 is 0 Å². The van der Waals surface area contributed by atoms with E-state index in [1.807, 2.05) is 12.3 Å². The molecule has 1 fully saturated rings. The molecule has 1 atom stereocenters. The van der Waals surface area contributed by atoms with E-state index in [9.17, 15) is 0 Å². The maximum atomic E-state index is 4.57. The lowest BCUT2D eigenvalue weighted by Gasteiger charge is -2.34. The van der Waals surface area contributed by atoms with Crippen molar-refractivity contribution in [3.63, 3.8) is 0 Å². The molecule has 0 aliphatic carbocycles. The van der Waals surface area contributed by atoms with Crippen LogP contribution in [0.4, 0.5) is 0 Å². The summed E-state index contributed by atoms with van der Waals surface area (Å²) in [4.78, 5) is 8.43. The van der Waals surface area contributed by atoms with Gasteiger partial charge < -0.3 is 5.32 Å². The average Bonchev–Trinajstić information content (AvgIpc) is 2.88. The number of aromatic nitrogens is 1. The Labute approximate surface area is 125 Å². The summed E-state index contributed by atoms with van der Waals surface area (Å²) in [6.07, 6.45) is 1.88. The molecule has 1 unspecified atom stereocenters. The van der Waals surface area contributed by atoms with Gasteiger partial charge >= 0.3 is 0 Å². The van der Waals surface area contributed by atoms with Gasteiger partial charge in [-0.3, -0.25) is 9.88 Å². The molecule has 19 heavy (non-hydrogen) atoms. The molecule has 1 aliphatic heterocycles. The van der Waals surface area contributed by atoms with Crippen LogP contribution in [0, 0.1) is 0 Å². The average molecular weight is 338 g/mol. The van der Waals surface area contributed by atoms with E-state index in [2.05, 4.69) is 55.4 Å². The first-order chi connectivity index (χ1) is 9.34. The number of nitrogens with one attached hydrogen (secondary N) is 1. The van der Waals surface area contributed by atoms with Gasteiger partial charge in [0.15, 0.2) is 0 Å². The first-order valence-electron chi connectivity index (χ1n) is 6.45. The maximum Gasteiger partial charge on any atom is 0.0871 e. The first-order valence-corrected chi connectivity index (χ1v) is 8.06. The zero-order valence-corrected chi connectivity index (χ0v) is 13.0. The van der Waals surface area contributed by atoms with E-state index in [-0.39, 0.29) is 6.04 Å². The molecule has 0 radical (unpaired) electrons. The molecule has 5 heteroatoms. The minimum Gasteiger partial charge on any atom is -0.314 e. The predicted molar refractivity (Wildman–Crippen MR) is 82.5 cm³/mol. The third-order valence-electron chi connectivity index (χ3n) is 3.35. The largest absolute Gasteiger partial charge is 0.314 e. The number of piperazine rings is 1. The Morgan fingerprint density at radius 3 is 2.68 bits per heavy atom. The second-order valence-corrected chi connectivity index (χ2v) is 7.08. The Morgan fingerprint density at radius 2 is 2.05 bits per heavy atom. The van der Waals surface area contributed by atoms with Crippen LogP contribution in [0.5, 0.6) is 0 Å². The third-order valence-corrected chi connectivity index (χ3v) is 5.02. The number of nitrogens with zero attached hydrogens (tertiary/aromatic N) is 2. The molecule has 1 N–H and O–H groups in total. The van der Waals surface area contributed by atoms with Crippen LogP contribution in [0.25, 0.3) is 0 Å². The van der Waals surface area contributed by atoms with Crippen LogP contribution in [0.3, 0.4) is 0 Å². The van der Waals surface area contributed by atoms with Gasteiger partial charge in [-0.05, 0) is 40.2 Å². The summed E-state index contributed by atoms with van der Waals surface area (Å²) in [6.45, 7) is 4.24. The van der Waals surface area contributed by atoms with Gasteiger partial charge in [0.25, 0.3) is 0 Å². The zero-order chi connectivity index (χ0) is 13.1. The van der Waals surface area contributed by atoms with Crippen molar-refractivity contribution in [1.82, 2.24) is 15.2 Å². The Balaban J connectivity index is 1.95. The normalized spacial score (nSPS) is 18.4. The van der Waals surface area contributed by atoms with Gasteiger partial charge in [-0.2, -0.15) is 0 Å². The summed E-state index contributed by atoms with van der Waals surface area (Å²) in [7, 11) is 0. The van der Waals surface area contributed by atoms with Crippen LogP contribution in [0.1, 0.15) is 16.6 Å². The van der Waals surface area contributed by atoms with Crippen LogP contribution < -0.4 is 5.32 Å². The van der Waals surface area contributed by atoms with E-state index in [1.54, 1.807) is 11.3 Å². The Hall–Kier alpha value is -0.750. The standard InChI is InChI=1S/C14H16BrN3S/c15-13-5-4-12(19-13)14(11-3-1-2-6-17-11)18-9-7-16-8-10-18/h1-6,14,16H,7-10H2. The fourth-order valence-electron chi connectivity index (χ4n) is 2.47. The summed E-state index contributed by atoms with van der Waals surface area (Å²) >= 11 is 5.36. The van der Waals surface area contributed by atoms with Gasteiger partial charge in [0, 0.05) is 37.3 Å². The van der Waals surface area contributed by atoms with E-state index in [1.165, 1.54) is 8.66 Å². The van der Waals surface area contributed by atoms with Crippen molar-refractivity contribution in [3.8, 4) is 0 Å². The van der Waals surface area contributed by atoms with Crippen molar-refractivity contribution in [3.05, 3.63) is 50.9 Å². The topological polar surface area (TPSA) is 28.2 Å². The minimum atomic E-state index is 0.277. The highest BCUT2D eigenvalue weighted by Gasteiger charge is 2.25. The van der Waals surface area contributed by atoms with Gasteiger partial charge in [0.2, 0.25) is 0 Å². The number of thiophene rings is 1. The molecule has 1 saturated heterocycles. The predicted octanol–water partition coefficient (Wildman–Crippen LogP) is 2.90. The lowest BCUT2D eigenvalue weighted by atomic mass is 10.1. The van der Waals surface area contributed by atoms with Gasteiger partial charge in [-0.1, -0.05) is 6.07 Å². The molecule has 2 aromatic heterocycles. The fraction of sp³-hybridized carbons (Fsp3) is 0.357. The molecule has 3 rings (SSSR count). The molecule has 0 bridgehead atoms. The molecule has 0 saturated carbocycles. The second-order valence-electron chi connectivity index (χ2n) is 4.58. The zero-order valence-electron chi connectivity index (χ0n) is 10.6. The van der Waals surface area contributed by atoms with Crippen molar-refractivity contribution < 1.29 is 0 Å². The number of hydrogen-bond donors (Lipinski definition) is 1. The Morgan fingerprint density at radius 1 is 1.21 bits per heavy atom. The molecule has 3 heterocycles. The second kappa shape index (κ2) is 6.13. The summed E-state index contributed by atoms with van der Waals surface area (Å²) in [5, 5.41) is 3.41. The summed E-state index contributed by atoms with van der Waals surface area (Å²) in [6, 6.07) is 10.8.